The first-order chi connectivity index (χ1) is 6.84. The second-order valence-electron chi connectivity index (χ2n) is 2.61. The normalized spacial score (nSPS) is 13.7. The summed E-state index contributed by atoms with van der Waals surface area (Å²) < 4.78 is 60.9. The average molecular weight is 243 g/mol. The fourth-order valence-electron chi connectivity index (χ4n) is 0.882. The summed E-state index contributed by atoms with van der Waals surface area (Å²) in [5.41, 5.74) is -0.617. The van der Waals surface area contributed by atoms with Gasteiger partial charge in [0, 0.05) is 5.56 Å². The highest BCUT2D eigenvalue weighted by molar-refractivity contribution is 6.32. The quantitative estimate of drug-likeness (QED) is 0.636. The number of halogens is 6. The molecule has 0 aliphatic heterocycles. The summed E-state index contributed by atoms with van der Waals surface area (Å²) in [4.78, 5) is 0. The lowest BCUT2D eigenvalue weighted by molar-refractivity contribution is -0.108. The van der Waals surface area contributed by atoms with E-state index in [1.807, 2.05) is 0 Å². The molecule has 0 aliphatic carbocycles. The summed E-state index contributed by atoms with van der Waals surface area (Å²) in [5.74, 6) is -4.79. The largest absolute Gasteiger partial charge is 0.445 e. The molecule has 0 nitrogen and oxygen atoms in total. The zero-order valence-electron chi connectivity index (χ0n) is 7.08. The van der Waals surface area contributed by atoms with E-state index in [1.54, 1.807) is 0 Å². The Morgan fingerprint density at radius 3 is 2.07 bits per heavy atom. The smallest absolute Gasteiger partial charge is 0.203 e. The van der Waals surface area contributed by atoms with Crippen LogP contribution in [0.3, 0.4) is 0 Å². The maximum Gasteiger partial charge on any atom is 0.445 e. The Hall–Kier alpha value is -1.10. The van der Waals surface area contributed by atoms with E-state index in [4.69, 9.17) is 11.6 Å². The Balaban J connectivity index is 3.26. The van der Waals surface area contributed by atoms with Gasteiger partial charge in [-0.3, -0.25) is 0 Å². The van der Waals surface area contributed by atoms with Gasteiger partial charge in [-0.25, -0.2) is 4.39 Å². The highest BCUT2D eigenvalue weighted by atomic mass is 35.5. The fourth-order valence-corrected chi connectivity index (χ4v) is 1.10. The van der Waals surface area contributed by atoms with Gasteiger partial charge in [-0.1, -0.05) is 29.8 Å². The van der Waals surface area contributed by atoms with Gasteiger partial charge in [-0.05, 0) is 6.07 Å². The molecule has 15 heavy (non-hydrogen) atoms. The van der Waals surface area contributed by atoms with Gasteiger partial charge in [0.05, 0.1) is 5.02 Å². The highest BCUT2D eigenvalue weighted by Gasteiger charge is 2.38. The lowest BCUT2D eigenvalue weighted by Crippen LogP contribution is -2.09. The maximum absolute atomic E-state index is 13.0. The molecule has 0 fully saturated rings. The third kappa shape index (κ3) is 2.68. The van der Waals surface area contributed by atoms with Gasteiger partial charge in [0.25, 0.3) is 0 Å². The molecule has 0 saturated heterocycles. The van der Waals surface area contributed by atoms with Crippen molar-refractivity contribution in [2.45, 2.75) is 6.18 Å². The second-order valence-corrected chi connectivity index (χ2v) is 3.01. The molecule has 0 spiro atoms. The van der Waals surface area contributed by atoms with Crippen LogP contribution in [0.15, 0.2) is 30.1 Å². The van der Waals surface area contributed by atoms with Gasteiger partial charge in [-0.2, -0.15) is 17.6 Å². The van der Waals surface area contributed by atoms with Crippen molar-refractivity contribution in [2.75, 3.05) is 0 Å². The summed E-state index contributed by atoms with van der Waals surface area (Å²) in [7, 11) is 0. The van der Waals surface area contributed by atoms with Crippen LogP contribution in [0.2, 0.25) is 5.02 Å². The molecule has 82 valence electrons. The molecule has 0 amide bonds. The lowest BCUT2D eigenvalue weighted by atomic mass is 10.2. The van der Waals surface area contributed by atoms with Crippen molar-refractivity contribution in [3.8, 4) is 0 Å². The summed E-state index contributed by atoms with van der Waals surface area (Å²) in [6, 6.07) is 4.78. The number of hydrogen-bond donors (Lipinski definition) is 0. The number of alkyl halides is 3. The molecule has 1 rings (SSSR count). The van der Waals surface area contributed by atoms with E-state index in [2.05, 4.69) is 0 Å². The highest BCUT2D eigenvalue weighted by Crippen LogP contribution is 2.36. The zero-order valence-corrected chi connectivity index (χ0v) is 7.83. The monoisotopic (exact) mass is 242 g/mol. The minimum Gasteiger partial charge on any atom is -0.203 e. The van der Waals surface area contributed by atoms with Crippen LogP contribution < -0.4 is 0 Å². The minimum atomic E-state index is -5.34. The van der Waals surface area contributed by atoms with E-state index >= 15 is 0 Å². The van der Waals surface area contributed by atoms with E-state index in [0.29, 0.717) is 0 Å². The Morgan fingerprint density at radius 1 is 1.07 bits per heavy atom. The van der Waals surface area contributed by atoms with E-state index in [0.717, 1.165) is 6.07 Å². The summed E-state index contributed by atoms with van der Waals surface area (Å²) >= 11 is 5.41. The van der Waals surface area contributed by atoms with Crippen LogP contribution in [0, 0.1) is 0 Å². The zero-order chi connectivity index (χ0) is 11.6. The third-order valence-electron chi connectivity index (χ3n) is 1.55. The van der Waals surface area contributed by atoms with E-state index in [-0.39, 0.29) is 5.02 Å². The van der Waals surface area contributed by atoms with Crippen LogP contribution in [0.5, 0.6) is 0 Å². The van der Waals surface area contributed by atoms with Crippen molar-refractivity contribution in [2.24, 2.45) is 0 Å². The minimum absolute atomic E-state index is 0.283. The van der Waals surface area contributed by atoms with E-state index in [1.165, 1.54) is 18.2 Å². The average Bonchev–Trinajstić information content (AvgIpc) is 2.15. The Labute approximate surface area is 87.0 Å². The van der Waals surface area contributed by atoms with Crippen molar-refractivity contribution in [1.82, 2.24) is 0 Å². The van der Waals surface area contributed by atoms with Gasteiger partial charge >= 0.3 is 6.18 Å². The Morgan fingerprint density at radius 2 is 1.60 bits per heavy atom. The maximum atomic E-state index is 13.0. The molecule has 6 heteroatoms. The molecule has 0 N–H and O–H groups in total. The molecular weight excluding hydrogens is 239 g/mol. The SMILES string of the molecule is FC(=C(F)C(F)(F)F)c1ccccc1Cl. The summed E-state index contributed by atoms with van der Waals surface area (Å²) in [6.07, 6.45) is -5.34. The van der Waals surface area contributed by atoms with Crippen LogP contribution >= 0.6 is 11.6 Å². The summed E-state index contributed by atoms with van der Waals surface area (Å²) in [5, 5.41) is -0.283. The molecule has 0 heterocycles. The first-order valence-corrected chi connectivity index (χ1v) is 4.09. The van der Waals surface area contributed by atoms with Crippen LogP contribution in [0.4, 0.5) is 22.0 Å². The molecule has 0 aliphatic rings. The molecule has 0 radical (unpaired) electrons. The molecule has 0 bridgehead atoms. The van der Waals surface area contributed by atoms with Gasteiger partial charge in [0.1, 0.15) is 0 Å². The molecule has 0 aromatic heterocycles. The van der Waals surface area contributed by atoms with Crippen molar-refractivity contribution < 1.29 is 22.0 Å². The van der Waals surface area contributed by atoms with Crippen LogP contribution in [0.25, 0.3) is 5.83 Å². The molecule has 1 aromatic rings. The van der Waals surface area contributed by atoms with Gasteiger partial charge in [0.15, 0.2) is 5.83 Å². The van der Waals surface area contributed by atoms with Gasteiger partial charge < -0.3 is 0 Å². The van der Waals surface area contributed by atoms with E-state index in [9.17, 15) is 22.0 Å². The van der Waals surface area contributed by atoms with Gasteiger partial charge in [0.2, 0.25) is 5.83 Å². The fraction of sp³-hybridized carbons (Fsp3) is 0.111. The van der Waals surface area contributed by atoms with Gasteiger partial charge in [-0.15, -0.1) is 0 Å². The number of rotatable bonds is 1. The predicted molar refractivity (Wildman–Crippen MR) is 46.6 cm³/mol. The number of hydrogen-bond acceptors (Lipinski definition) is 0. The predicted octanol–water partition coefficient (Wildman–Crippen LogP) is 4.51. The molecule has 1 aromatic carbocycles. The third-order valence-corrected chi connectivity index (χ3v) is 1.88. The van der Waals surface area contributed by atoms with Crippen LogP contribution in [0.1, 0.15) is 5.56 Å². The van der Waals surface area contributed by atoms with Crippen molar-refractivity contribution in [1.29, 1.82) is 0 Å². The number of benzene rings is 1. The molecule has 0 atom stereocenters. The Bertz CT molecular complexity index is 394. The molecular formula is C9H4ClF5. The van der Waals surface area contributed by atoms with Crippen molar-refractivity contribution >= 4 is 17.4 Å². The molecule has 0 unspecified atom stereocenters. The first-order valence-electron chi connectivity index (χ1n) is 3.71. The van der Waals surface area contributed by atoms with Crippen LogP contribution in [-0.2, 0) is 0 Å². The van der Waals surface area contributed by atoms with Crippen LogP contribution in [-0.4, -0.2) is 6.18 Å². The molecule has 0 saturated carbocycles. The topological polar surface area (TPSA) is 0 Å². The summed E-state index contributed by atoms with van der Waals surface area (Å²) in [6.45, 7) is 0. The van der Waals surface area contributed by atoms with E-state index < -0.39 is 23.4 Å². The Kier molecular flexibility index (Phi) is 3.34. The second kappa shape index (κ2) is 4.18. The van der Waals surface area contributed by atoms with Crippen molar-refractivity contribution in [3.63, 3.8) is 0 Å². The lowest BCUT2D eigenvalue weighted by Gasteiger charge is -2.06. The standard InChI is InChI=1S/C9H4ClF5/c10-6-4-2-1-3-5(6)7(11)8(12)9(13,14)15/h1-4H. The number of allylic oxidation sites excluding steroid dienone is 1. The first kappa shape index (κ1) is 12.0. The van der Waals surface area contributed by atoms with Crippen molar-refractivity contribution in [3.05, 3.63) is 40.7 Å².